The van der Waals surface area contributed by atoms with E-state index in [1.54, 1.807) is 48.7 Å². The highest BCUT2D eigenvalue weighted by molar-refractivity contribution is 7.85. The van der Waals surface area contributed by atoms with E-state index in [0.29, 0.717) is 22.1 Å². The van der Waals surface area contributed by atoms with E-state index in [1.165, 1.54) is 12.1 Å². The molecule has 0 radical (unpaired) electrons. The molecule has 0 fully saturated rings. The maximum Gasteiger partial charge on any atom is 0.416 e. The van der Waals surface area contributed by atoms with Gasteiger partial charge in [-0.2, -0.15) is 13.2 Å². The predicted molar refractivity (Wildman–Crippen MR) is 143 cm³/mol. The van der Waals surface area contributed by atoms with Gasteiger partial charge in [-0.05, 0) is 48.9 Å². The third-order valence-corrected chi connectivity index (χ3v) is 7.24. The van der Waals surface area contributed by atoms with Gasteiger partial charge in [0.05, 0.1) is 17.3 Å². The van der Waals surface area contributed by atoms with Crippen molar-refractivity contribution < 1.29 is 17.4 Å². The molecule has 0 saturated carbocycles. The molecule has 6 nitrogen and oxygen atoms in total. The van der Waals surface area contributed by atoms with Crippen LogP contribution in [0.25, 0.3) is 22.5 Å². The highest BCUT2D eigenvalue weighted by Crippen LogP contribution is 2.35. The van der Waals surface area contributed by atoms with Gasteiger partial charge >= 0.3 is 6.18 Å². The minimum absolute atomic E-state index is 0.110. The molecule has 5 aromatic rings. The molecule has 196 valence electrons. The van der Waals surface area contributed by atoms with Crippen LogP contribution in [0.3, 0.4) is 0 Å². The van der Waals surface area contributed by atoms with Gasteiger partial charge in [0.1, 0.15) is 16.5 Å². The Balaban J connectivity index is 1.60. The van der Waals surface area contributed by atoms with E-state index in [2.05, 4.69) is 25.5 Å². The fourth-order valence-corrected chi connectivity index (χ4v) is 4.96. The van der Waals surface area contributed by atoms with Gasteiger partial charge in [-0.1, -0.05) is 60.7 Å². The van der Waals surface area contributed by atoms with Crippen LogP contribution in [0.15, 0.2) is 113 Å². The van der Waals surface area contributed by atoms with Gasteiger partial charge in [-0.25, -0.2) is 14.2 Å². The number of hydrogen-bond donors (Lipinski definition) is 1. The standard InChI is InChI=1S/C29H22F3N5OS/c1-19(20-9-4-2-5-10-20)34-28-33-16-15-25(35-28)24-18-26(39(38)23-13-6-3-7-14-23)36-37-27(24)21-11-8-12-22(17-21)29(30,31)32/h2-19H,1H3,(H,33,34,35)/t19-,39?/m0/s1. The van der Waals surface area contributed by atoms with Crippen molar-refractivity contribution >= 4 is 16.7 Å². The average Bonchev–Trinajstić information content (AvgIpc) is 2.97. The van der Waals surface area contributed by atoms with Crippen LogP contribution in [-0.2, 0) is 17.0 Å². The molecule has 0 aliphatic carbocycles. The van der Waals surface area contributed by atoms with E-state index in [9.17, 15) is 17.4 Å². The van der Waals surface area contributed by atoms with Crippen LogP contribution in [0, 0.1) is 0 Å². The van der Waals surface area contributed by atoms with E-state index in [0.717, 1.165) is 17.7 Å². The van der Waals surface area contributed by atoms with Crippen molar-refractivity contribution in [1.82, 2.24) is 20.2 Å². The van der Waals surface area contributed by atoms with Gasteiger partial charge in [0, 0.05) is 22.2 Å². The Morgan fingerprint density at radius 3 is 2.28 bits per heavy atom. The van der Waals surface area contributed by atoms with Gasteiger partial charge in [-0.15, -0.1) is 10.2 Å². The van der Waals surface area contributed by atoms with Gasteiger partial charge in [0.2, 0.25) is 5.95 Å². The first-order chi connectivity index (χ1) is 18.8. The Hall–Kier alpha value is -4.44. The molecule has 0 amide bonds. The molecule has 2 aromatic heterocycles. The molecule has 2 heterocycles. The molecular weight excluding hydrogens is 523 g/mol. The summed E-state index contributed by atoms with van der Waals surface area (Å²) in [6.45, 7) is 1.97. The molecule has 5 rings (SSSR count). The monoisotopic (exact) mass is 545 g/mol. The predicted octanol–water partition coefficient (Wildman–Crippen LogP) is 6.96. The van der Waals surface area contributed by atoms with E-state index >= 15 is 0 Å². The largest absolute Gasteiger partial charge is 0.416 e. The fourth-order valence-electron chi connectivity index (χ4n) is 3.98. The van der Waals surface area contributed by atoms with Crippen molar-refractivity contribution in [2.45, 2.75) is 29.1 Å². The first-order valence-corrected chi connectivity index (χ1v) is 13.1. The number of benzene rings is 3. The second kappa shape index (κ2) is 11.1. The SMILES string of the molecule is C[C@H](Nc1nccc(-c2cc(S(=O)c3ccccc3)nnc2-c2cccc(C(F)(F)F)c2)n1)c1ccccc1. The lowest BCUT2D eigenvalue weighted by atomic mass is 10.0. The summed E-state index contributed by atoms with van der Waals surface area (Å²) in [6.07, 6.45) is -2.98. The highest BCUT2D eigenvalue weighted by atomic mass is 32.2. The number of nitrogens with one attached hydrogen (secondary N) is 1. The minimum atomic E-state index is -4.53. The fraction of sp³-hybridized carbons (Fsp3) is 0.103. The normalized spacial score (nSPS) is 13.0. The topological polar surface area (TPSA) is 80.7 Å². The van der Waals surface area contributed by atoms with Gasteiger partial charge in [0.15, 0.2) is 5.03 Å². The molecule has 3 aromatic carbocycles. The van der Waals surface area contributed by atoms with Gasteiger partial charge in [-0.3, -0.25) is 0 Å². The molecule has 2 atom stereocenters. The Morgan fingerprint density at radius 2 is 1.56 bits per heavy atom. The maximum atomic E-state index is 13.5. The summed E-state index contributed by atoms with van der Waals surface area (Å²) in [5.41, 5.74) is 1.36. The Bertz CT molecular complexity index is 1610. The average molecular weight is 546 g/mol. The summed E-state index contributed by atoms with van der Waals surface area (Å²) < 4.78 is 53.7. The Morgan fingerprint density at radius 1 is 0.846 bits per heavy atom. The zero-order valence-electron chi connectivity index (χ0n) is 20.6. The number of aromatic nitrogens is 4. The van der Waals surface area contributed by atoms with E-state index in [-0.39, 0.29) is 22.3 Å². The smallest absolute Gasteiger partial charge is 0.348 e. The number of anilines is 1. The summed E-state index contributed by atoms with van der Waals surface area (Å²) in [7, 11) is -1.67. The second-order valence-corrected chi connectivity index (χ2v) is 10.1. The Labute approximate surface area is 225 Å². The van der Waals surface area contributed by atoms with Crippen molar-refractivity contribution in [1.29, 1.82) is 0 Å². The van der Waals surface area contributed by atoms with Crippen LogP contribution in [0.1, 0.15) is 24.1 Å². The van der Waals surface area contributed by atoms with Crippen molar-refractivity contribution in [3.05, 3.63) is 114 Å². The van der Waals surface area contributed by atoms with Crippen LogP contribution in [0.2, 0.25) is 0 Å². The number of rotatable bonds is 7. The summed E-state index contributed by atoms with van der Waals surface area (Å²) in [6, 6.07) is 26.4. The third-order valence-electron chi connectivity index (χ3n) is 5.96. The molecule has 10 heteroatoms. The second-order valence-electron chi connectivity index (χ2n) is 8.65. The maximum absolute atomic E-state index is 13.5. The van der Waals surface area contributed by atoms with Gasteiger partial charge in [0.25, 0.3) is 0 Å². The molecular formula is C29H22F3N5OS. The number of alkyl halides is 3. The molecule has 1 N–H and O–H groups in total. The number of halogens is 3. The van der Waals surface area contributed by atoms with Crippen molar-refractivity contribution in [2.24, 2.45) is 0 Å². The zero-order chi connectivity index (χ0) is 27.4. The lowest BCUT2D eigenvalue weighted by Gasteiger charge is -2.15. The van der Waals surface area contributed by atoms with Crippen LogP contribution in [-0.4, -0.2) is 24.4 Å². The summed E-state index contributed by atoms with van der Waals surface area (Å²) in [5.74, 6) is 0.321. The van der Waals surface area contributed by atoms with E-state index < -0.39 is 22.5 Å². The summed E-state index contributed by atoms with van der Waals surface area (Å²) in [5, 5.41) is 11.8. The highest BCUT2D eigenvalue weighted by Gasteiger charge is 2.31. The van der Waals surface area contributed by atoms with Crippen LogP contribution in [0.4, 0.5) is 19.1 Å². The quantitative estimate of drug-likeness (QED) is 0.238. The van der Waals surface area contributed by atoms with Crippen molar-refractivity contribution in [3.8, 4) is 22.5 Å². The van der Waals surface area contributed by atoms with Gasteiger partial charge < -0.3 is 5.32 Å². The summed E-state index contributed by atoms with van der Waals surface area (Å²) >= 11 is 0. The van der Waals surface area contributed by atoms with Crippen LogP contribution >= 0.6 is 0 Å². The van der Waals surface area contributed by atoms with E-state index in [1.807, 2.05) is 37.3 Å². The molecule has 0 saturated heterocycles. The molecule has 0 spiro atoms. The van der Waals surface area contributed by atoms with Crippen LogP contribution in [0.5, 0.6) is 0 Å². The first-order valence-electron chi connectivity index (χ1n) is 12.0. The molecule has 39 heavy (non-hydrogen) atoms. The lowest BCUT2D eigenvalue weighted by molar-refractivity contribution is -0.137. The minimum Gasteiger partial charge on any atom is -0.348 e. The number of nitrogens with zero attached hydrogens (tertiary/aromatic N) is 4. The molecule has 0 aliphatic rings. The van der Waals surface area contributed by atoms with E-state index in [4.69, 9.17) is 0 Å². The lowest BCUT2D eigenvalue weighted by Crippen LogP contribution is -2.10. The summed E-state index contributed by atoms with van der Waals surface area (Å²) in [4.78, 5) is 9.46. The van der Waals surface area contributed by atoms with Crippen LogP contribution < -0.4 is 5.32 Å². The molecule has 0 aliphatic heterocycles. The Kier molecular flexibility index (Phi) is 7.47. The van der Waals surface area contributed by atoms with Crippen molar-refractivity contribution in [3.63, 3.8) is 0 Å². The third kappa shape index (κ3) is 6.01. The first kappa shape index (κ1) is 26.2. The number of hydrogen-bond acceptors (Lipinski definition) is 6. The molecule has 1 unspecified atom stereocenters. The molecule has 0 bridgehead atoms. The zero-order valence-corrected chi connectivity index (χ0v) is 21.4. The van der Waals surface area contributed by atoms with Crippen molar-refractivity contribution in [2.75, 3.05) is 5.32 Å².